The number of urea groups is 1. The minimum Gasteiger partial charge on any atom is -0.478 e. The number of hydrogen-bond acceptors (Lipinski definition) is 4. The molecule has 2 heterocycles. The van der Waals surface area contributed by atoms with E-state index in [4.69, 9.17) is 4.74 Å². The van der Waals surface area contributed by atoms with Gasteiger partial charge < -0.3 is 19.4 Å². The molecule has 190 valence electrons. The Morgan fingerprint density at radius 2 is 2.00 bits per heavy atom. The zero-order valence-corrected chi connectivity index (χ0v) is 20.6. The van der Waals surface area contributed by atoms with E-state index in [2.05, 4.69) is 15.3 Å². The lowest BCUT2D eigenvalue weighted by molar-refractivity contribution is -0.136. The maximum Gasteiger partial charge on any atom is 0.389 e. The molecule has 7 nitrogen and oxygen atoms in total. The summed E-state index contributed by atoms with van der Waals surface area (Å²) in [6.45, 7) is 7.45. The van der Waals surface area contributed by atoms with Crippen molar-refractivity contribution < 1.29 is 22.7 Å². The topological polar surface area (TPSA) is 71.8 Å². The number of hydrogen-bond donors (Lipinski definition) is 1. The van der Waals surface area contributed by atoms with Gasteiger partial charge in [0.2, 0.25) is 0 Å². The largest absolute Gasteiger partial charge is 0.478 e. The van der Waals surface area contributed by atoms with Crippen LogP contribution in [0.5, 0.6) is 5.88 Å². The van der Waals surface area contributed by atoms with Crippen LogP contribution >= 0.6 is 0 Å². The number of carbonyl (C=O) groups is 1. The maximum absolute atomic E-state index is 13.1. The van der Waals surface area contributed by atoms with Crippen LogP contribution in [-0.2, 0) is 0 Å². The first-order valence-electron chi connectivity index (χ1n) is 11.7. The molecule has 1 unspecified atom stereocenters. The van der Waals surface area contributed by atoms with Crippen molar-refractivity contribution in [1.82, 2.24) is 24.6 Å². The predicted octanol–water partition coefficient (Wildman–Crippen LogP) is 6.01. The van der Waals surface area contributed by atoms with Crippen LogP contribution in [0.4, 0.5) is 18.0 Å². The number of fused-ring (bicyclic) bond motifs is 1. The second-order valence-electron chi connectivity index (χ2n) is 8.80. The molecule has 2 amide bonds. The van der Waals surface area contributed by atoms with Crippen molar-refractivity contribution in [3.8, 4) is 17.1 Å². The van der Waals surface area contributed by atoms with Gasteiger partial charge in [0.25, 0.3) is 5.88 Å². The van der Waals surface area contributed by atoms with Crippen LogP contribution in [0.1, 0.15) is 58.6 Å². The molecule has 2 aromatic heterocycles. The molecule has 1 aromatic carbocycles. The molecule has 0 radical (unpaired) electrons. The molecular weight excluding hydrogens is 459 g/mol. The summed E-state index contributed by atoms with van der Waals surface area (Å²) < 4.78 is 45.3. The third-order valence-corrected chi connectivity index (χ3v) is 6.01. The summed E-state index contributed by atoms with van der Waals surface area (Å²) >= 11 is 0. The van der Waals surface area contributed by atoms with E-state index in [1.54, 1.807) is 18.0 Å². The summed E-state index contributed by atoms with van der Waals surface area (Å²) in [5.41, 5.74) is 3.00. The average molecular weight is 492 g/mol. The maximum atomic E-state index is 13.1. The standard InChI is InChI=1S/C25H32F3N5O2/c1-6-20(10-11-25(26,27)28)30-24(34)33(16(2)3)17(4)18-8-7-9-19(14-18)21-15-32-13-12-29-22(32)23(31-21)35-5/h7-9,12-17,20H,6,10-11H2,1-5H3,(H,30,34)/t17-,20?/m1/s1. The van der Waals surface area contributed by atoms with Gasteiger partial charge in [-0.15, -0.1) is 0 Å². The van der Waals surface area contributed by atoms with Gasteiger partial charge in [0, 0.05) is 42.7 Å². The highest BCUT2D eigenvalue weighted by Crippen LogP contribution is 2.29. The summed E-state index contributed by atoms with van der Waals surface area (Å²) in [5.74, 6) is 0.401. The van der Waals surface area contributed by atoms with E-state index in [1.165, 1.54) is 7.11 Å². The number of aromatic nitrogens is 3. The molecule has 0 aliphatic heterocycles. The predicted molar refractivity (Wildman–Crippen MR) is 128 cm³/mol. The Morgan fingerprint density at radius 3 is 2.63 bits per heavy atom. The van der Waals surface area contributed by atoms with Crippen molar-refractivity contribution in [2.75, 3.05) is 7.11 Å². The molecule has 0 aliphatic carbocycles. The number of alkyl halides is 3. The Kier molecular flexibility index (Phi) is 8.24. The number of rotatable bonds is 9. The fourth-order valence-electron chi connectivity index (χ4n) is 4.12. The Morgan fingerprint density at radius 1 is 1.26 bits per heavy atom. The molecule has 35 heavy (non-hydrogen) atoms. The highest BCUT2D eigenvalue weighted by molar-refractivity contribution is 5.75. The lowest BCUT2D eigenvalue weighted by atomic mass is 10.0. The van der Waals surface area contributed by atoms with Crippen LogP contribution in [0.3, 0.4) is 0 Å². The van der Waals surface area contributed by atoms with E-state index in [0.29, 0.717) is 23.6 Å². The fraction of sp³-hybridized carbons (Fsp3) is 0.480. The highest BCUT2D eigenvalue weighted by Gasteiger charge is 2.30. The minimum atomic E-state index is -4.25. The zero-order chi connectivity index (χ0) is 25.8. The fourth-order valence-corrected chi connectivity index (χ4v) is 4.12. The number of carbonyl (C=O) groups excluding carboxylic acids is 1. The van der Waals surface area contributed by atoms with Gasteiger partial charge in [-0.25, -0.2) is 14.8 Å². The van der Waals surface area contributed by atoms with Crippen molar-refractivity contribution >= 4 is 11.7 Å². The Bertz CT molecular complexity index is 1150. The normalized spacial score (nSPS) is 13.6. The van der Waals surface area contributed by atoms with Crippen molar-refractivity contribution in [1.29, 1.82) is 0 Å². The minimum absolute atomic E-state index is 0.147. The molecule has 3 rings (SSSR count). The van der Waals surface area contributed by atoms with E-state index >= 15 is 0 Å². The number of halogens is 3. The molecule has 0 bridgehead atoms. The van der Waals surface area contributed by atoms with E-state index < -0.39 is 18.6 Å². The molecule has 2 atom stereocenters. The summed E-state index contributed by atoms with van der Waals surface area (Å²) in [4.78, 5) is 23.6. The van der Waals surface area contributed by atoms with Gasteiger partial charge in [0.05, 0.1) is 18.8 Å². The number of benzene rings is 1. The van der Waals surface area contributed by atoms with Crippen molar-refractivity contribution in [3.63, 3.8) is 0 Å². The molecule has 0 saturated heterocycles. The second kappa shape index (κ2) is 11.0. The first kappa shape index (κ1) is 26.3. The lowest BCUT2D eigenvalue weighted by Crippen LogP contribution is -2.48. The third kappa shape index (κ3) is 6.43. The smallest absolute Gasteiger partial charge is 0.389 e. The Balaban J connectivity index is 1.84. The van der Waals surface area contributed by atoms with E-state index in [-0.39, 0.29) is 24.5 Å². The molecule has 0 aliphatic rings. The summed E-state index contributed by atoms with van der Waals surface area (Å²) in [6.07, 6.45) is 0.424. The molecule has 0 spiro atoms. The SMILES string of the molecule is CCC(CCC(F)(F)F)NC(=O)N(C(C)C)[C@H](C)c1cccc(-c2cn3ccnc3c(OC)n2)c1. The van der Waals surface area contributed by atoms with Gasteiger partial charge in [-0.3, -0.25) is 0 Å². The van der Waals surface area contributed by atoms with E-state index in [1.807, 2.05) is 61.8 Å². The number of methoxy groups -OCH3 is 1. The second-order valence-corrected chi connectivity index (χ2v) is 8.80. The molecule has 1 N–H and O–H groups in total. The first-order valence-corrected chi connectivity index (χ1v) is 11.7. The third-order valence-electron chi connectivity index (χ3n) is 6.01. The zero-order valence-electron chi connectivity index (χ0n) is 20.6. The molecule has 10 heteroatoms. The van der Waals surface area contributed by atoms with Crippen LogP contribution in [-0.4, -0.2) is 50.7 Å². The summed E-state index contributed by atoms with van der Waals surface area (Å²) in [5, 5.41) is 2.80. The van der Waals surface area contributed by atoms with Gasteiger partial charge in [-0.1, -0.05) is 25.1 Å². The number of nitrogens with zero attached hydrogens (tertiary/aromatic N) is 4. The van der Waals surface area contributed by atoms with Gasteiger partial charge in [0.1, 0.15) is 0 Å². The summed E-state index contributed by atoms with van der Waals surface area (Å²) in [6, 6.07) is 6.26. The Hall–Kier alpha value is -3.30. The monoisotopic (exact) mass is 491 g/mol. The van der Waals surface area contributed by atoms with E-state index in [9.17, 15) is 18.0 Å². The van der Waals surface area contributed by atoms with Gasteiger partial charge in [-0.05, 0) is 45.2 Å². The molecular formula is C25H32F3N5O2. The average Bonchev–Trinajstić information content (AvgIpc) is 3.29. The van der Waals surface area contributed by atoms with Gasteiger partial charge in [-0.2, -0.15) is 13.2 Å². The van der Waals surface area contributed by atoms with Gasteiger partial charge >= 0.3 is 12.2 Å². The van der Waals surface area contributed by atoms with Crippen LogP contribution in [0.15, 0.2) is 42.9 Å². The number of ether oxygens (including phenoxy) is 1. The van der Waals surface area contributed by atoms with Crippen molar-refractivity contribution in [2.45, 2.75) is 71.3 Å². The van der Waals surface area contributed by atoms with E-state index in [0.717, 1.165) is 11.1 Å². The van der Waals surface area contributed by atoms with Crippen LogP contribution < -0.4 is 10.1 Å². The number of imidazole rings is 1. The van der Waals surface area contributed by atoms with Crippen LogP contribution in [0.2, 0.25) is 0 Å². The first-order chi connectivity index (χ1) is 16.5. The molecule has 0 saturated carbocycles. The highest BCUT2D eigenvalue weighted by atomic mass is 19.4. The van der Waals surface area contributed by atoms with Crippen molar-refractivity contribution in [3.05, 3.63) is 48.4 Å². The Labute approximate surface area is 203 Å². The van der Waals surface area contributed by atoms with Crippen LogP contribution in [0, 0.1) is 0 Å². The van der Waals surface area contributed by atoms with Gasteiger partial charge in [0.15, 0.2) is 5.65 Å². The van der Waals surface area contributed by atoms with Crippen molar-refractivity contribution in [2.24, 2.45) is 0 Å². The molecule has 0 fully saturated rings. The number of amides is 2. The molecule has 3 aromatic rings. The quantitative estimate of drug-likeness (QED) is 0.398. The number of nitrogens with one attached hydrogen (secondary N) is 1. The van der Waals surface area contributed by atoms with Crippen LogP contribution in [0.25, 0.3) is 16.9 Å². The lowest BCUT2D eigenvalue weighted by Gasteiger charge is -2.35. The summed E-state index contributed by atoms with van der Waals surface area (Å²) in [7, 11) is 1.54.